The van der Waals surface area contributed by atoms with Crippen LogP contribution in [-0.2, 0) is 46.0 Å². The molecule has 2 heterocycles. The molecule has 6 rings (SSSR count). The molecule has 0 unspecified atom stereocenters. The first-order valence-electron chi connectivity index (χ1n) is 18.6. The Hall–Kier alpha value is -6.56. The van der Waals surface area contributed by atoms with Crippen molar-refractivity contribution in [2.75, 3.05) is 13.1 Å². The monoisotopic (exact) mass is 930 g/mol. The van der Waals surface area contributed by atoms with Crippen LogP contribution in [0.1, 0.15) is 43.0 Å². The van der Waals surface area contributed by atoms with Crippen molar-refractivity contribution in [3.8, 4) is 0 Å². The first-order valence-corrected chi connectivity index (χ1v) is 21.5. The number of hydroxylamine groups is 2. The second kappa shape index (κ2) is 21.7. The highest BCUT2D eigenvalue weighted by Gasteiger charge is 2.29. The van der Waals surface area contributed by atoms with Gasteiger partial charge in [0.2, 0.25) is 20.0 Å². The fourth-order valence-electron chi connectivity index (χ4n) is 5.99. The average molecular weight is 931 g/mol. The third-order valence-corrected chi connectivity index (χ3v) is 12.9. The van der Waals surface area contributed by atoms with E-state index in [1.54, 1.807) is 36.7 Å². The van der Waals surface area contributed by atoms with Crippen LogP contribution in [0.15, 0.2) is 132 Å². The van der Waals surface area contributed by atoms with Crippen molar-refractivity contribution in [3.05, 3.63) is 190 Å². The Kier molecular flexibility index (Phi) is 16.4. The molecular formula is C42H36F6N6O8S2. The number of hydrogen-bond donors (Lipinski definition) is 4. The van der Waals surface area contributed by atoms with Crippen LogP contribution < -0.4 is 11.0 Å². The van der Waals surface area contributed by atoms with Gasteiger partial charge in [0.1, 0.15) is 23.3 Å². The van der Waals surface area contributed by atoms with Crippen molar-refractivity contribution < 1.29 is 63.2 Å². The van der Waals surface area contributed by atoms with Crippen molar-refractivity contribution in [1.82, 2.24) is 29.5 Å². The summed E-state index contributed by atoms with van der Waals surface area (Å²) in [7, 11) is -8.78. The molecule has 0 aliphatic rings. The molecule has 14 nitrogen and oxygen atoms in total. The molecule has 2 aromatic heterocycles. The Morgan fingerprint density at radius 2 is 1.00 bits per heavy atom. The fourth-order valence-corrected chi connectivity index (χ4v) is 8.92. The summed E-state index contributed by atoms with van der Waals surface area (Å²) in [4.78, 5) is 29.6. The Morgan fingerprint density at radius 1 is 0.547 bits per heavy atom. The lowest BCUT2D eigenvalue weighted by molar-refractivity contribution is 0.0698. The van der Waals surface area contributed by atoms with Crippen molar-refractivity contribution in [1.29, 1.82) is 0 Å². The molecule has 0 atom stereocenters. The van der Waals surface area contributed by atoms with Crippen molar-refractivity contribution in [2.24, 2.45) is 0 Å². The number of nitrogens with zero attached hydrogens (tertiary/aromatic N) is 4. The van der Waals surface area contributed by atoms with Crippen LogP contribution in [0.2, 0.25) is 0 Å². The van der Waals surface area contributed by atoms with Gasteiger partial charge >= 0.3 is 0 Å². The van der Waals surface area contributed by atoms with Gasteiger partial charge in [-0.15, -0.1) is 0 Å². The average Bonchev–Trinajstić information content (AvgIpc) is 3.27. The summed E-state index contributed by atoms with van der Waals surface area (Å²) in [6.07, 6.45) is 6.63. The molecule has 0 spiro atoms. The number of halogens is 6. The molecule has 4 aromatic carbocycles. The third kappa shape index (κ3) is 12.5. The molecule has 0 bridgehead atoms. The highest BCUT2D eigenvalue weighted by Crippen LogP contribution is 2.25. The van der Waals surface area contributed by atoms with Crippen LogP contribution in [0, 0.1) is 34.9 Å². The topological polar surface area (TPSA) is 199 Å². The zero-order valence-corrected chi connectivity index (χ0v) is 34.6. The number of carbonyl (C=O) groups is 2. The SMILES string of the molecule is O=C(NO)c1ccc(CN(CCc2cccnc2)S(=O)(=O)c2cc(F)cc(F)c2)c(F)c1F.O=C(NO)c1ccc(CN(CCc2cccnc2)S(=O)(=O)c2cc(F)cc(F)c2)cc1. The van der Waals surface area contributed by atoms with Gasteiger partial charge in [0, 0.05) is 74.2 Å². The molecule has 0 fully saturated rings. The van der Waals surface area contributed by atoms with E-state index in [0.717, 1.165) is 38.4 Å². The highest BCUT2D eigenvalue weighted by atomic mass is 32.2. The number of hydrogen-bond acceptors (Lipinski definition) is 10. The van der Waals surface area contributed by atoms with Gasteiger partial charge in [-0.25, -0.2) is 54.1 Å². The number of rotatable bonds is 16. The molecule has 0 aliphatic carbocycles. The molecule has 2 amide bonds. The summed E-state index contributed by atoms with van der Waals surface area (Å²) >= 11 is 0. The van der Waals surface area contributed by atoms with E-state index in [2.05, 4.69) is 9.97 Å². The second-order valence-corrected chi connectivity index (χ2v) is 17.5. The van der Waals surface area contributed by atoms with Crippen LogP contribution in [0.3, 0.4) is 0 Å². The van der Waals surface area contributed by atoms with Gasteiger partial charge in [0.05, 0.1) is 15.4 Å². The Labute approximate surface area is 362 Å². The van der Waals surface area contributed by atoms with Gasteiger partial charge in [-0.2, -0.15) is 8.61 Å². The molecule has 0 saturated heterocycles. The van der Waals surface area contributed by atoms with Gasteiger partial charge in [-0.3, -0.25) is 30.0 Å². The maximum atomic E-state index is 14.6. The smallest absolute Gasteiger partial charge is 0.277 e. The summed E-state index contributed by atoms with van der Waals surface area (Å²) in [5.74, 6) is -9.36. The molecule has 0 aliphatic heterocycles. The van der Waals surface area contributed by atoms with Crippen LogP contribution in [0.25, 0.3) is 0 Å². The fraction of sp³-hybridized carbons (Fsp3) is 0.143. The first-order chi connectivity index (χ1) is 30.4. The number of sulfonamides is 2. The Balaban J connectivity index is 0.000000241. The van der Waals surface area contributed by atoms with Gasteiger partial charge in [-0.05, 0) is 84.1 Å². The van der Waals surface area contributed by atoms with Crippen LogP contribution in [-0.4, -0.2) is 70.7 Å². The zero-order chi connectivity index (χ0) is 46.6. The molecular weight excluding hydrogens is 895 g/mol. The van der Waals surface area contributed by atoms with E-state index in [4.69, 9.17) is 10.4 Å². The lowest BCUT2D eigenvalue weighted by atomic mass is 10.1. The maximum Gasteiger partial charge on any atom is 0.277 e. The van der Waals surface area contributed by atoms with E-state index >= 15 is 0 Å². The summed E-state index contributed by atoms with van der Waals surface area (Å²) in [5.41, 5.74) is 3.61. The number of nitrogens with one attached hydrogen (secondary N) is 2. The minimum atomic E-state index is -4.55. The predicted molar refractivity (Wildman–Crippen MR) is 215 cm³/mol. The lowest BCUT2D eigenvalue weighted by Gasteiger charge is -2.23. The van der Waals surface area contributed by atoms with E-state index < -0.39 is 94.2 Å². The maximum absolute atomic E-state index is 14.6. The summed E-state index contributed by atoms with van der Waals surface area (Å²) in [6.45, 7) is -1.02. The zero-order valence-electron chi connectivity index (χ0n) is 33.0. The van der Waals surface area contributed by atoms with E-state index in [1.165, 1.54) is 47.6 Å². The highest BCUT2D eigenvalue weighted by molar-refractivity contribution is 7.89. The molecule has 4 N–H and O–H groups in total. The third-order valence-electron chi connectivity index (χ3n) is 9.22. The van der Waals surface area contributed by atoms with E-state index in [1.807, 2.05) is 0 Å². The van der Waals surface area contributed by atoms with Gasteiger partial charge in [-0.1, -0.05) is 30.3 Å². The number of aromatic nitrogens is 2. The molecule has 0 radical (unpaired) electrons. The summed E-state index contributed by atoms with van der Waals surface area (Å²) in [5, 5.41) is 17.3. The quantitative estimate of drug-likeness (QED) is 0.0500. The molecule has 22 heteroatoms. The molecule has 336 valence electrons. The summed E-state index contributed by atoms with van der Waals surface area (Å²) < 4.78 is 138. The summed E-state index contributed by atoms with van der Waals surface area (Å²) in [6, 6.07) is 18.4. The van der Waals surface area contributed by atoms with E-state index in [0.29, 0.717) is 41.8 Å². The number of amides is 2. The Morgan fingerprint density at radius 3 is 1.42 bits per heavy atom. The molecule has 6 aromatic rings. The minimum Gasteiger partial charge on any atom is -0.288 e. The standard InChI is InChI=1S/C21H17F4N3O4S.C21H19F2N3O4S/c22-15-8-16(23)10-17(9-15)33(31,32)28(7-5-13-2-1-6-26-11-13)12-14-3-4-18(21(29)27-30)20(25)19(14)24;22-18-10-19(23)12-20(11-18)31(29,30)26(9-7-15-2-1-8-24-13-15)14-16-3-5-17(6-4-16)21(27)25-28/h1-4,6,8-11,30H,5,7,12H2,(H,27,29);1-6,8,10-13,28H,7,9,14H2,(H,25,27). The number of pyridine rings is 2. The van der Waals surface area contributed by atoms with Crippen molar-refractivity contribution >= 4 is 31.9 Å². The largest absolute Gasteiger partial charge is 0.288 e. The second-order valence-electron chi connectivity index (χ2n) is 13.6. The minimum absolute atomic E-state index is 0.0328. The van der Waals surface area contributed by atoms with Gasteiger partial charge in [0.15, 0.2) is 11.6 Å². The first kappa shape index (κ1) is 48.5. The van der Waals surface area contributed by atoms with Gasteiger partial charge in [0.25, 0.3) is 11.8 Å². The van der Waals surface area contributed by atoms with Crippen molar-refractivity contribution in [3.63, 3.8) is 0 Å². The van der Waals surface area contributed by atoms with Crippen LogP contribution in [0.4, 0.5) is 26.3 Å². The van der Waals surface area contributed by atoms with Gasteiger partial charge < -0.3 is 0 Å². The molecule has 0 saturated carbocycles. The van der Waals surface area contributed by atoms with E-state index in [-0.39, 0.29) is 31.6 Å². The van der Waals surface area contributed by atoms with E-state index in [9.17, 15) is 52.8 Å². The van der Waals surface area contributed by atoms with Crippen LogP contribution in [0.5, 0.6) is 0 Å². The van der Waals surface area contributed by atoms with Crippen molar-refractivity contribution in [2.45, 2.75) is 35.7 Å². The lowest BCUT2D eigenvalue weighted by Crippen LogP contribution is -2.33. The number of benzene rings is 4. The van der Waals surface area contributed by atoms with Crippen LogP contribution >= 0.6 is 0 Å². The Bertz CT molecular complexity index is 2780. The predicted octanol–water partition coefficient (Wildman–Crippen LogP) is 6.10. The number of carbonyl (C=O) groups excluding carboxylic acids is 2. The normalized spacial score (nSPS) is 11.5. The molecule has 64 heavy (non-hydrogen) atoms.